The summed E-state index contributed by atoms with van der Waals surface area (Å²) in [5.74, 6) is 0. The zero-order valence-corrected chi connectivity index (χ0v) is 8.50. The van der Waals surface area contributed by atoms with E-state index in [2.05, 4.69) is 36.5 Å². The molecule has 0 radical (unpaired) electrons. The Labute approximate surface area is 79.9 Å². The summed E-state index contributed by atoms with van der Waals surface area (Å²) in [4.78, 5) is 0. The van der Waals surface area contributed by atoms with Crippen LogP contribution in [0.4, 0.5) is 5.69 Å². The molecule has 1 unspecified atom stereocenters. The van der Waals surface area contributed by atoms with Crippen LogP contribution in [-0.4, -0.2) is 19.8 Å². The van der Waals surface area contributed by atoms with Crippen molar-refractivity contribution in [3.63, 3.8) is 0 Å². The molecule has 72 valence electrons. The van der Waals surface area contributed by atoms with E-state index in [0.717, 1.165) is 12.2 Å². The second-order valence-electron chi connectivity index (χ2n) is 3.29. The fraction of sp³-hybridized carbons (Fsp3) is 0.455. The number of benzene rings is 1. The molecule has 0 aliphatic carbocycles. The molecule has 1 rings (SSSR count). The Hall–Kier alpha value is -1.02. The predicted octanol–water partition coefficient (Wildman–Crippen LogP) is 2.44. The van der Waals surface area contributed by atoms with Gasteiger partial charge in [0.15, 0.2) is 0 Å². The van der Waals surface area contributed by atoms with Gasteiger partial charge in [0, 0.05) is 19.3 Å². The predicted molar refractivity (Wildman–Crippen MR) is 56.1 cm³/mol. The number of methoxy groups -OCH3 is 1. The first-order valence-corrected chi connectivity index (χ1v) is 4.55. The van der Waals surface area contributed by atoms with Crippen molar-refractivity contribution in [2.45, 2.75) is 20.0 Å². The van der Waals surface area contributed by atoms with Crippen molar-refractivity contribution in [1.82, 2.24) is 0 Å². The molecule has 2 nitrogen and oxygen atoms in total. The lowest BCUT2D eigenvalue weighted by atomic mass is 10.2. The van der Waals surface area contributed by atoms with Crippen molar-refractivity contribution in [3.8, 4) is 0 Å². The molecule has 0 saturated heterocycles. The van der Waals surface area contributed by atoms with E-state index < -0.39 is 0 Å². The van der Waals surface area contributed by atoms with Crippen LogP contribution < -0.4 is 5.32 Å². The van der Waals surface area contributed by atoms with Crippen LogP contribution in [0.1, 0.15) is 12.5 Å². The third kappa shape index (κ3) is 3.47. The fourth-order valence-corrected chi connectivity index (χ4v) is 1.02. The van der Waals surface area contributed by atoms with Gasteiger partial charge in [-0.3, -0.25) is 0 Å². The van der Waals surface area contributed by atoms with E-state index >= 15 is 0 Å². The Morgan fingerprint density at radius 1 is 1.31 bits per heavy atom. The molecule has 0 bridgehead atoms. The van der Waals surface area contributed by atoms with Gasteiger partial charge in [-0.2, -0.15) is 0 Å². The van der Waals surface area contributed by atoms with Crippen LogP contribution in [-0.2, 0) is 4.74 Å². The number of ether oxygens (including phenoxy) is 1. The first-order valence-electron chi connectivity index (χ1n) is 4.55. The van der Waals surface area contributed by atoms with Crippen molar-refractivity contribution in [1.29, 1.82) is 0 Å². The lowest BCUT2D eigenvalue weighted by Gasteiger charge is -2.11. The fourth-order valence-electron chi connectivity index (χ4n) is 1.02. The number of hydrogen-bond donors (Lipinski definition) is 1. The van der Waals surface area contributed by atoms with E-state index in [1.165, 1.54) is 5.56 Å². The Bertz CT molecular complexity index is 243. The van der Waals surface area contributed by atoms with Crippen molar-refractivity contribution in [2.24, 2.45) is 0 Å². The molecule has 2 heteroatoms. The van der Waals surface area contributed by atoms with Crippen molar-refractivity contribution in [2.75, 3.05) is 19.0 Å². The molecule has 0 spiro atoms. The van der Waals surface area contributed by atoms with Gasteiger partial charge < -0.3 is 10.1 Å². The third-order valence-electron chi connectivity index (χ3n) is 2.05. The highest BCUT2D eigenvalue weighted by molar-refractivity contribution is 5.44. The number of rotatable bonds is 4. The second-order valence-corrected chi connectivity index (χ2v) is 3.29. The summed E-state index contributed by atoms with van der Waals surface area (Å²) in [5.41, 5.74) is 2.43. The molecular weight excluding hydrogens is 162 g/mol. The van der Waals surface area contributed by atoms with E-state index in [9.17, 15) is 0 Å². The molecule has 1 N–H and O–H groups in total. The van der Waals surface area contributed by atoms with Crippen LogP contribution in [0.15, 0.2) is 24.3 Å². The molecule has 0 heterocycles. The minimum Gasteiger partial charge on any atom is -0.382 e. The highest BCUT2D eigenvalue weighted by atomic mass is 16.5. The monoisotopic (exact) mass is 179 g/mol. The highest BCUT2D eigenvalue weighted by Crippen LogP contribution is 2.08. The van der Waals surface area contributed by atoms with Gasteiger partial charge >= 0.3 is 0 Å². The van der Waals surface area contributed by atoms with E-state index in [1.54, 1.807) is 7.11 Å². The zero-order valence-electron chi connectivity index (χ0n) is 8.50. The van der Waals surface area contributed by atoms with Crippen LogP contribution in [0.2, 0.25) is 0 Å². The molecule has 1 aromatic rings. The SMILES string of the molecule is COC(C)CNc1ccc(C)cc1. The lowest BCUT2D eigenvalue weighted by molar-refractivity contribution is 0.129. The Kier molecular flexibility index (Phi) is 3.77. The van der Waals surface area contributed by atoms with E-state index in [0.29, 0.717) is 0 Å². The van der Waals surface area contributed by atoms with Crippen LogP contribution >= 0.6 is 0 Å². The van der Waals surface area contributed by atoms with Gasteiger partial charge in [-0.15, -0.1) is 0 Å². The average Bonchev–Trinajstić information content (AvgIpc) is 2.16. The summed E-state index contributed by atoms with van der Waals surface area (Å²) in [5, 5.41) is 3.30. The maximum atomic E-state index is 5.13. The van der Waals surface area contributed by atoms with Gasteiger partial charge in [0.25, 0.3) is 0 Å². The van der Waals surface area contributed by atoms with Crippen LogP contribution in [0.25, 0.3) is 0 Å². The molecule has 0 saturated carbocycles. The zero-order chi connectivity index (χ0) is 9.68. The van der Waals surface area contributed by atoms with Gasteiger partial charge in [-0.1, -0.05) is 17.7 Å². The molecular formula is C11H17NO. The van der Waals surface area contributed by atoms with Gasteiger partial charge in [-0.25, -0.2) is 0 Å². The molecule has 1 aromatic carbocycles. The van der Waals surface area contributed by atoms with Crippen LogP contribution in [0.5, 0.6) is 0 Å². The first kappa shape index (κ1) is 10.1. The Morgan fingerprint density at radius 3 is 2.46 bits per heavy atom. The Morgan fingerprint density at radius 2 is 1.92 bits per heavy atom. The molecule has 0 aliphatic rings. The molecule has 0 amide bonds. The summed E-state index contributed by atoms with van der Waals surface area (Å²) in [6.45, 7) is 4.97. The lowest BCUT2D eigenvalue weighted by Crippen LogP contribution is -2.17. The van der Waals surface area contributed by atoms with E-state index in [1.807, 2.05) is 6.92 Å². The smallest absolute Gasteiger partial charge is 0.0715 e. The van der Waals surface area contributed by atoms with Gasteiger partial charge in [0.05, 0.1) is 6.10 Å². The number of hydrogen-bond acceptors (Lipinski definition) is 2. The molecule has 13 heavy (non-hydrogen) atoms. The van der Waals surface area contributed by atoms with Gasteiger partial charge in [-0.05, 0) is 26.0 Å². The average molecular weight is 179 g/mol. The largest absolute Gasteiger partial charge is 0.382 e. The maximum Gasteiger partial charge on any atom is 0.0715 e. The molecule has 0 fully saturated rings. The van der Waals surface area contributed by atoms with Crippen molar-refractivity contribution in [3.05, 3.63) is 29.8 Å². The number of nitrogens with one attached hydrogen (secondary N) is 1. The molecule has 0 aliphatic heterocycles. The minimum atomic E-state index is 0.251. The number of aryl methyl sites for hydroxylation is 1. The summed E-state index contributed by atoms with van der Waals surface area (Å²) < 4.78 is 5.13. The maximum absolute atomic E-state index is 5.13. The van der Waals surface area contributed by atoms with Crippen LogP contribution in [0.3, 0.4) is 0 Å². The normalized spacial score (nSPS) is 12.5. The first-order chi connectivity index (χ1) is 6.22. The van der Waals surface area contributed by atoms with Crippen molar-refractivity contribution >= 4 is 5.69 Å². The minimum absolute atomic E-state index is 0.251. The van der Waals surface area contributed by atoms with Crippen LogP contribution in [0, 0.1) is 6.92 Å². The molecule has 0 aromatic heterocycles. The second kappa shape index (κ2) is 4.87. The summed E-state index contributed by atoms with van der Waals surface area (Å²) in [6, 6.07) is 8.36. The number of anilines is 1. The summed E-state index contributed by atoms with van der Waals surface area (Å²) in [6.07, 6.45) is 0.251. The summed E-state index contributed by atoms with van der Waals surface area (Å²) in [7, 11) is 1.72. The topological polar surface area (TPSA) is 21.3 Å². The van der Waals surface area contributed by atoms with Crippen molar-refractivity contribution < 1.29 is 4.74 Å². The Balaban J connectivity index is 2.41. The van der Waals surface area contributed by atoms with Gasteiger partial charge in [0.2, 0.25) is 0 Å². The standard InChI is InChI=1S/C11H17NO/c1-9-4-6-11(7-5-9)12-8-10(2)13-3/h4-7,10,12H,8H2,1-3H3. The summed E-state index contributed by atoms with van der Waals surface area (Å²) >= 11 is 0. The third-order valence-corrected chi connectivity index (χ3v) is 2.05. The van der Waals surface area contributed by atoms with Gasteiger partial charge in [0.1, 0.15) is 0 Å². The molecule has 1 atom stereocenters. The quantitative estimate of drug-likeness (QED) is 0.766. The highest BCUT2D eigenvalue weighted by Gasteiger charge is 1.97. The van der Waals surface area contributed by atoms with E-state index in [-0.39, 0.29) is 6.10 Å². The van der Waals surface area contributed by atoms with E-state index in [4.69, 9.17) is 4.74 Å².